The van der Waals surface area contributed by atoms with E-state index in [2.05, 4.69) is 0 Å². The molecule has 3 nitrogen and oxygen atoms in total. The smallest absolute Gasteiger partial charge is 0.227 e. The second-order valence-electron chi connectivity index (χ2n) is 5.27. The zero-order valence-corrected chi connectivity index (χ0v) is 11.7. The van der Waals surface area contributed by atoms with E-state index >= 15 is 0 Å². The lowest BCUT2D eigenvalue weighted by Crippen LogP contribution is -2.36. The van der Waals surface area contributed by atoms with E-state index in [1.807, 2.05) is 24.3 Å². The van der Waals surface area contributed by atoms with Gasteiger partial charge in [-0.05, 0) is 42.2 Å². The van der Waals surface area contributed by atoms with Crippen molar-refractivity contribution in [2.45, 2.75) is 19.3 Å². The second kappa shape index (κ2) is 5.56. The van der Waals surface area contributed by atoms with E-state index in [9.17, 15) is 9.18 Å². The van der Waals surface area contributed by atoms with Gasteiger partial charge in [-0.3, -0.25) is 4.79 Å². The second-order valence-corrected chi connectivity index (χ2v) is 5.27. The third kappa shape index (κ3) is 2.75. The molecule has 1 aliphatic rings. The van der Waals surface area contributed by atoms with Crippen molar-refractivity contribution >= 4 is 17.3 Å². The molecular formula is C17H17FN2O. The highest BCUT2D eigenvalue weighted by Crippen LogP contribution is 2.29. The van der Waals surface area contributed by atoms with E-state index in [1.165, 1.54) is 12.1 Å². The van der Waals surface area contributed by atoms with Crippen molar-refractivity contribution in [2.24, 2.45) is 0 Å². The van der Waals surface area contributed by atoms with Crippen LogP contribution in [0, 0.1) is 5.82 Å². The van der Waals surface area contributed by atoms with Crippen LogP contribution in [0.2, 0.25) is 0 Å². The van der Waals surface area contributed by atoms with Crippen LogP contribution < -0.4 is 10.6 Å². The van der Waals surface area contributed by atoms with Crippen molar-refractivity contribution < 1.29 is 9.18 Å². The van der Waals surface area contributed by atoms with Crippen LogP contribution >= 0.6 is 0 Å². The molecule has 21 heavy (non-hydrogen) atoms. The Labute approximate surface area is 123 Å². The maximum Gasteiger partial charge on any atom is 0.227 e. The highest BCUT2D eigenvalue weighted by molar-refractivity contribution is 5.96. The molecule has 108 valence electrons. The van der Waals surface area contributed by atoms with E-state index in [0.29, 0.717) is 31.5 Å². The number of para-hydroxylation sites is 1. The summed E-state index contributed by atoms with van der Waals surface area (Å²) in [6.45, 7) is 0.517. The minimum atomic E-state index is -0.312. The van der Waals surface area contributed by atoms with Crippen LogP contribution in [0.25, 0.3) is 0 Å². The molecule has 0 aliphatic carbocycles. The first-order valence-corrected chi connectivity index (χ1v) is 7.07. The van der Waals surface area contributed by atoms with Crippen molar-refractivity contribution in [2.75, 3.05) is 17.2 Å². The molecule has 3 rings (SSSR count). The number of nitrogens with zero attached hydrogens (tertiary/aromatic N) is 1. The fourth-order valence-corrected chi connectivity index (χ4v) is 2.75. The van der Waals surface area contributed by atoms with Crippen molar-refractivity contribution in [1.29, 1.82) is 0 Å². The highest BCUT2D eigenvalue weighted by atomic mass is 19.1. The number of hydrogen-bond acceptors (Lipinski definition) is 2. The van der Waals surface area contributed by atoms with Gasteiger partial charge in [0.2, 0.25) is 5.91 Å². The van der Waals surface area contributed by atoms with Gasteiger partial charge in [0.25, 0.3) is 0 Å². The summed E-state index contributed by atoms with van der Waals surface area (Å²) in [5.74, 6) is -0.268. The van der Waals surface area contributed by atoms with Crippen LogP contribution in [0.5, 0.6) is 0 Å². The van der Waals surface area contributed by atoms with Gasteiger partial charge in [-0.1, -0.05) is 24.3 Å². The highest BCUT2D eigenvalue weighted by Gasteiger charge is 2.24. The van der Waals surface area contributed by atoms with Crippen LogP contribution in [0.3, 0.4) is 0 Å². The maximum absolute atomic E-state index is 13.5. The summed E-state index contributed by atoms with van der Waals surface area (Å²) in [4.78, 5) is 13.8. The number of carbonyl (C=O) groups excluding carboxylic acids is 1. The Balaban J connectivity index is 1.84. The lowest BCUT2D eigenvalue weighted by molar-refractivity contribution is -0.118. The molecule has 2 aromatic carbocycles. The molecule has 0 aromatic heterocycles. The Bertz CT molecular complexity index is 684. The molecule has 1 aliphatic heterocycles. The van der Waals surface area contributed by atoms with Gasteiger partial charge in [0.15, 0.2) is 0 Å². The quantitative estimate of drug-likeness (QED) is 0.881. The van der Waals surface area contributed by atoms with Gasteiger partial charge in [-0.15, -0.1) is 0 Å². The molecular weight excluding hydrogens is 267 g/mol. The topological polar surface area (TPSA) is 46.3 Å². The van der Waals surface area contributed by atoms with Crippen LogP contribution in [0.15, 0.2) is 42.5 Å². The van der Waals surface area contributed by atoms with E-state index in [0.717, 1.165) is 16.8 Å². The Morgan fingerprint density at radius 1 is 1.14 bits per heavy atom. The van der Waals surface area contributed by atoms with Crippen LogP contribution in [0.4, 0.5) is 15.8 Å². The molecule has 2 N–H and O–H groups in total. The number of aryl methyl sites for hydroxylation is 1. The summed E-state index contributed by atoms with van der Waals surface area (Å²) >= 11 is 0. The minimum Gasteiger partial charge on any atom is -0.399 e. The first kappa shape index (κ1) is 13.6. The minimum absolute atomic E-state index is 0.0441. The molecule has 4 heteroatoms. The van der Waals surface area contributed by atoms with Crippen molar-refractivity contribution in [3.8, 4) is 0 Å². The summed E-state index contributed by atoms with van der Waals surface area (Å²) in [6, 6.07) is 12.3. The molecule has 0 bridgehead atoms. The summed E-state index contributed by atoms with van der Waals surface area (Å²) in [5, 5.41) is 0. The Morgan fingerprint density at radius 3 is 2.76 bits per heavy atom. The zero-order valence-electron chi connectivity index (χ0n) is 11.7. The SMILES string of the molecule is Nc1ccccc1CCN1C(=O)CCc2ccc(F)cc21. The summed E-state index contributed by atoms with van der Waals surface area (Å²) in [5.41, 5.74) is 9.38. The fraction of sp³-hybridized carbons (Fsp3) is 0.235. The number of carbonyl (C=O) groups is 1. The van der Waals surface area contributed by atoms with E-state index in [-0.39, 0.29) is 11.7 Å². The third-order valence-corrected chi connectivity index (χ3v) is 3.91. The number of anilines is 2. The van der Waals surface area contributed by atoms with Crippen molar-refractivity contribution in [3.63, 3.8) is 0 Å². The molecule has 1 heterocycles. The van der Waals surface area contributed by atoms with Crippen LogP contribution in [-0.4, -0.2) is 12.5 Å². The molecule has 0 radical (unpaired) electrons. The first-order chi connectivity index (χ1) is 10.1. The lowest BCUT2D eigenvalue weighted by atomic mass is 10.00. The van der Waals surface area contributed by atoms with E-state index in [1.54, 1.807) is 11.0 Å². The summed E-state index contributed by atoms with van der Waals surface area (Å²) < 4.78 is 13.5. The number of benzene rings is 2. The van der Waals surface area contributed by atoms with Crippen molar-refractivity contribution in [1.82, 2.24) is 0 Å². The number of amides is 1. The lowest BCUT2D eigenvalue weighted by Gasteiger charge is -2.29. The van der Waals surface area contributed by atoms with Crippen LogP contribution in [-0.2, 0) is 17.6 Å². The fourth-order valence-electron chi connectivity index (χ4n) is 2.75. The van der Waals surface area contributed by atoms with Gasteiger partial charge in [-0.2, -0.15) is 0 Å². The van der Waals surface area contributed by atoms with E-state index in [4.69, 9.17) is 5.73 Å². The molecule has 0 unspecified atom stereocenters. The van der Waals surface area contributed by atoms with Gasteiger partial charge in [-0.25, -0.2) is 4.39 Å². The summed E-state index contributed by atoms with van der Waals surface area (Å²) in [6.07, 6.45) is 1.82. The number of nitrogen functional groups attached to an aromatic ring is 1. The van der Waals surface area contributed by atoms with Gasteiger partial charge in [0, 0.05) is 24.3 Å². The molecule has 0 fully saturated rings. The molecule has 0 spiro atoms. The monoisotopic (exact) mass is 284 g/mol. The molecule has 0 atom stereocenters. The van der Waals surface area contributed by atoms with Crippen molar-refractivity contribution in [3.05, 3.63) is 59.4 Å². The van der Waals surface area contributed by atoms with Gasteiger partial charge < -0.3 is 10.6 Å². The Hall–Kier alpha value is -2.36. The molecule has 2 aromatic rings. The predicted molar refractivity (Wildman–Crippen MR) is 81.6 cm³/mol. The third-order valence-electron chi connectivity index (χ3n) is 3.91. The average molecular weight is 284 g/mol. The normalized spacial score (nSPS) is 14.1. The zero-order chi connectivity index (χ0) is 14.8. The number of nitrogens with two attached hydrogens (primary N) is 1. The molecule has 0 saturated carbocycles. The summed E-state index contributed by atoms with van der Waals surface area (Å²) in [7, 11) is 0. The number of rotatable bonds is 3. The number of fused-ring (bicyclic) bond motifs is 1. The first-order valence-electron chi connectivity index (χ1n) is 7.07. The van der Waals surface area contributed by atoms with E-state index < -0.39 is 0 Å². The molecule has 1 amide bonds. The van der Waals surface area contributed by atoms with Gasteiger partial charge in [0.1, 0.15) is 5.82 Å². The van der Waals surface area contributed by atoms with Gasteiger partial charge in [0.05, 0.1) is 0 Å². The maximum atomic E-state index is 13.5. The number of hydrogen-bond donors (Lipinski definition) is 1. The standard InChI is InChI=1S/C17H17FN2O/c18-14-7-5-13-6-8-17(21)20(16(13)11-14)10-9-12-3-1-2-4-15(12)19/h1-5,7,11H,6,8-10,19H2. The number of halogens is 1. The van der Waals surface area contributed by atoms with Gasteiger partial charge >= 0.3 is 0 Å². The Kier molecular flexibility index (Phi) is 3.60. The average Bonchev–Trinajstić information content (AvgIpc) is 2.48. The predicted octanol–water partition coefficient (Wildman–Crippen LogP) is 2.93. The van der Waals surface area contributed by atoms with Crippen LogP contribution in [0.1, 0.15) is 17.5 Å². The molecule has 0 saturated heterocycles. The largest absolute Gasteiger partial charge is 0.399 e. The Morgan fingerprint density at radius 2 is 1.95 bits per heavy atom.